The topological polar surface area (TPSA) is 54.3 Å². The number of halogens is 1. The van der Waals surface area contributed by atoms with Gasteiger partial charge in [-0.25, -0.2) is 9.69 Å². The molecule has 0 unspecified atom stereocenters. The van der Waals surface area contributed by atoms with Crippen LogP contribution in [0.2, 0.25) is 5.02 Å². The number of nitrogens with zero attached hydrogens (tertiary/aromatic N) is 2. The molecular formula is C15H12ClN3O2. The molecule has 1 N–H and O–H groups in total. The van der Waals surface area contributed by atoms with Gasteiger partial charge in [-0.3, -0.25) is 4.79 Å². The monoisotopic (exact) mass is 301 g/mol. The minimum Gasteiger partial charge on any atom is -0.351 e. The standard InChI is InChI=1S/C15H12ClN3O2/c1-18-7-3-6-11(18)9-13-14(20)19(15(21)17-13)12-5-2-4-10(16)8-12/h2-9H,1H3,(H,17,21)/b13-9+. The van der Waals surface area contributed by atoms with Gasteiger partial charge in [0.2, 0.25) is 0 Å². The van der Waals surface area contributed by atoms with Crippen molar-refractivity contribution < 1.29 is 9.59 Å². The minimum atomic E-state index is -0.484. The molecule has 0 bridgehead atoms. The van der Waals surface area contributed by atoms with Gasteiger partial charge in [-0.1, -0.05) is 17.7 Å². The number of carbonyl (C=O) groups excluding carboxylic acids is 2. The average molecular weight is 302 g/mol. The molecule has 6 heteroatoms. The third-order valence-electron chi connectivity index (χ3n) is 3.22. The number of anilines is 1. The molecule has 21 heavy (non-hydrogen) atoms. The highest BCUT2D eigenvalue weighted by molar-refractivity contribution is 6.32. The summed E-state index contributed by atoms with van der Waals surface area (Å²) >= 11 is 5.90. The Kier molecular flexibility index (Phi) is 3.27. The van der Waals surface area contributed by atoms with E-state index in [9.17, 15) is 9.59 Å². The molecule has 1 aliphatic heterocycles. The Labute approximate surface area is 126 Å². The van der Waals surface area contributed by atoms with Crippen molar-refractivity contribution in [1.29, 1.82) is 0 Å². The van der Waals surface area contributed by atoms with Crippen LogP contribution in [0.5, 0.6) is 0 Å². The van der Waals surface area contributed by atoms with Crippen molar-refractivity contribution in [2.24, 2.45) is 7.05 Å². The van der Waals surface area contributed by atoms with E-state index in [1.807, 2.05) is 29.9 Å². The highest BCUT2D eigenvalue weighted by Crippen LogP contribution is 2.24. The number of amides is 3. The zero-order chi connectivity index (χ0) is 15.0. The minimum absolute atomic E-state index is 0.238. The van der Waals surface area contributed by atoms with Gasteiger partial charge in [0.05, 0.1) is 5.69 Å². The molecule has 0 spiro atoms. The summed E-state index contributed by atoms with van der Waals surface area (Å²) in [6, 6.07) is 9.85. The summed E-state index contributed by atoms with van der Waals surface area (Å²) in [6.45, 7) is 0. The molecule has 3 amide bonds. The van der Waals surface area contributed by atoms with E-state index in [1.54, 1.807) is 30.3 Å². The van der Waals surface area contributed by atoms with Gasteiger partial charge in [-0.15, -0.1) is 0 Å². The Morgan fingerprint density at radius 2 is 2.00 bits per heavy atom. The lowest BCUT2D eigenvalue weighted by molar-refractivity contribution is -0.113. The van der Waals surface area contributed by atoms with Crippen molar-refractivity contribution in [1.82, 2.24) is 9.88 Å². The van der Waals surface area contributed by atoms with Crippen molar-refractivity contribution >= 4 is 35.3 Å². The molecule has 1 saturated heterocycles. The molecule has 2 heterocycles. The molecule has 0 aliphatic carbocycles. The molecule has 1 fully saturated rings. The molecule has 0 radical (unpaired) electrons. The Balaban J connectivity index is 1.96. The van der Waals surface area contributed by atoms with Crippen LogP contribution in [-0.2, 0) is 11.8 Å². The Morgan fingerprint density at radius 1 is 1.19 bits per heavy atom. The van der Waals surface area contributed by atoms with Crippen LogP contribution in [0.15, 0.2) is 48.3 Å². The largest absolute Gasteiger partial charge is 0.351 e. The van der Waals surface area contributed by atoms with Crippen molar-refractivity contribution in [3.05, 3.63) is 59.0 Å². The van der Waals surface area contributed by atoms with E-state index >= 15 is 0 Å². The van der Waals surface area contributed by atoms with Crippen molar-refractivity contribution in [2.45, 2.75) is 0 Å². The third kappa shape index (κ3) is 2.43. The number of imide groups is 1. The summed E-state index contributed by atoms with van der Waals surface area (Å²) in [6.07, 6.45) is 3.51. The first kappa shape index (κ1) is 13.5. The van der Waals surface area contributed by atoms with Crippen LogP contribution in [0.25, 0.3) is 6.08 Å². The van der Waals surface area contributed by atoms with Gasteiger partial charge >= 0.3 is 6.03 Å². The molecule has 1 aromatic carbocycles. The van der Waals surface area contributed by atoms with E-state index in [0.717, 1.165) is 10.6 Å². The molecule has 3 rings (SSSR count). The van der Waals surface area contributed by atoms with Gasteiger partial charge < -0.3 is 9.88 Å². The quantitative estimate of drug-likeness (QED) is 0.685. The van der Waals surface area contributed by atoms with Gasteiger partial charge in [0, 0.05) is 24.0 Å². The Bertz CT molecular complexity index is 764. The summed E-state index contributed by atoms with van der Waals surface area (Å²) in [5.41, 5.74) is 1.51. The number of hydrogen-bond acceptors (Lipinski definition) is 2. The third-order valence-corrected chi connectivity index (χ3v) is 3.46. The second-order valence-electron chi connectivity index (χ2n) is 4.65. The molecular weight excluding hydrogens is 290 g/mol. The van der Waals surface area contributed by atoms with Gasteiger partial charge in [-0.2, -0.15) is 0 Å². The molecule has 2 aromatic rings. The highest BCUT2D eigenvalue weighted by atomic mass is 35.5. The lowest BCUT2D eigenvalue weighted by atomic mass is 10.2. The first-order chi connectivity index (χ1) is 10.1. The molecule has 1 aromatic heterocycles. The van der Waals surface area contributed by atoms with Crippen LogP contribution in [0.1, 0.15) is 5.69 Å². The highest BCUT2D eigenvalue weighted by Gasteiger charge is 2.35. The van der Waals surface area contributed by atoms with Crippen LogP contribution in [0.3, 0.4) is 0 Å². The van der Waals surface area contributed by atoms with Gasteiger partial charge in [-0.05, 0) is 36.4 Å². The number of hydrogen-bond donors (Lipinski definition) is 1. The van der Waals surface area contributed by atoms with Gasteiger partial charge in [0.15, 0.2) is 0 Å². The predicted molar refractivity (Wildman–Crippen MR) is 80.9 cm³/mol. The van der Waals surface area contributed by atoms with E-state index < -0.39 is 11.9 Å². The zero-order valence-corrected chi connectivity index (χ0v) is 12.0. The smallest absolute Gasteiger partial charge is 0.333 e. The lowest BCUT2D eigenvalue weighted by Gasteiger charge is -2.11. The second-order valence-corrected chi connectivity index (χ2v) is 5.09. The zero-order valence-electron chi connectivity index (χ0n) is 11.2. The Hall–Kier alpha value is -2.53. The van der Waals surface area contributed by atoms with Gasteiger partial charge in [0.25, 0.3) is 5.91 Å². The molecule has 1 aliphatic rings. The van der Waals surface area contributed by atoms with Crippen molar-refractivity contribution in [3.63, 3.8) is 0 Å². The molecule has 0 saturated carbocycles. The number of benzene rings is 1. The SMILES string of the molecule is Cn1cccc1/C=C1/NC(=O)N(c2cccc(Cl)c2)C1=O. The van der Waals surface area contributed by atoms with Crippen LogP contribution in [0.4, 0.5) is 10.5 Å². The fraction of sp³-hybridized carbons (Fsp3) is 0.0667. The second kappa shape index (κ2) is 5.10. The predicted octanol–water partition coefficient (Wildman–Crippen LogP) is 2.78. The van der Waals surface area contributed by atoms with Crippen LogP contribution >= 0.6 is 11.6 Å². The summed E-state index contributed by atoms with van der Waals surface area (Å²) in [5, 5.41) is 3.05. The van der Waals surface area contributed by atoms with Crippen LogP contribution in [-0.4, -0.2) is 16.5 Å². The maximum absolute atomic E-state index is 12.4. The van der Waals surface area contributed by atoms with E-state index in [4.69, 9.17) is 11.6 Å². The fourth-order valence-corrected chi connectivity index (χ4v) is 2.34. The molecule has 5 nitrogen and oxygen atoms in total. The first-order valence-electron chi connectivity index (χ1n) is 6.30. The number of nitrogens with one attached hydrogen (secondary N) is 1. The van der Waals surface area contributed by atoms with Crippen LogP contribution in [0, 0.1) is 0 Å². The number of aryl methyl sites for hydroxylation is 1. The maximum Gasteiger partial charge on any atom is 0.333 e. The summed E-state index contributed by atoms with van der Waals surface area (Å²) in [4.78, 5) is 25.5. The Morgan fingerprint density at radius 3 is 2.67 bits per heavy atom. The number of urea groups is 1. The summed E-state index contributed by atoms with van der Waals surface area (Å²) in [5.74, 6) is -0.400. The summed E-state index contributed by atoms with van der Waals surface area (Å²) in [7, 11) is 1.86. The first-order valence-corrected chi connectivity index (χ1v) is 6.68. The molecule has 0 atom stereocenters. The summed E-state index contributed by atoms with van der Waals surface area (Å²) < 4.78 is 1.86. The van der Waals surface area contributed by atoms with E-state index in [2.05, 4.69) is 5.32 Å². The van der Waals surface area contributed by atoms with Crippen LogP contribution < -0.4 is 10.2 Å². The fourth-order valence-electron chi connectivity index (χ4n) is 2.16. The van der Waals surface area contributed by atoms with Crippen molar-refractivity contribution in [3.8, 4) is 0 Å². The number of carbonyl (C=O) groups is 2. The van der Waals surface area contributed by atoms with Gasteiger partial charge in [0.1, 0.15) is 5.70 Å². The average Bonchev–Trinajstić information content (AvgIpc) is 2.95. The lowest BCUT2D eigenvalue weighted by Crippen LogP contribution is -2.30. The van der Waals surface area contributed by atoms with E-state index in [-0.39, 0.29) is 5.70 Å². The normalized spacial score (nSPS) is 16.7. The van der Waals surface area contributed by atoms with Crippen molar-refractivity contribution in [2.75, 3.05) is 4.90 Å². The maximum atomic E-state index is 12.4. The molecule has 106 valence electrons. The number of rotatable bonds is 2. The number of aromatic nitrogens is 1. The van der Waals surface area contributed by atoms with E-state index in [0.29, 0.717) is 10.7 Å². The van der Waals surface area contributed by atoms with E-state index in [1.165, 1.54) is 0 Å².